The van der Waals surface area contributed by atoms with Crippen LogP contribution >= 0.6 is 0 Å². The first-order valence-electron chi connectivity index (χ1n) is 10.2. The molecule has 1 saturated heterocycles. The van der Waals surface area contributed by atoms with Gasteiger partial charge in [-0.3, -0.25) is 4.79 Å². The molecule has 2 aromatic rings. The number of rotatable bonds is 5. The molecule has 3 rings (SSSR count). The lowest BCUT2D eigenvalue weighted by atomic mass is 10.0. The normalized spacial score (nSPS) is 15.9. The van der Waals surface area contributed by atoms with Gasteiger partial charge in [-0.1, -0.05) is 25.1 Å². The number of aryl methyl sites for hydroxylation is 2. The largest absolute Gasteiger partial charge is 0.338 e. The highest BCUT2D eigenvalue weighted by atomic mass is 32.2. The molecular formula is C22H31N3O3S. The number of likely N-dealkylation sites (tertiary alicyclic amines) is 1. The van der Waals surface area contributed by atoms with Gasteiger partial charge in [-0.2, -0.15) is 4.31 Å². The van der Waals surface area contributed by atoms with Crippen LogP contribution in [0.4, 0.5) is 0 Å². The van der Waals surface area contributed by atoms with Crippen LogP contribution in [0.2, 0.25) is 0 Å². The summed E-state index contributed by atoms with van der Waals surface area (Å²) < 4.78 is 27.7. The summed E-state index contributed by atoms with van der Waals surface area (Å²) >= 11 is 0. The van der Waals surface area contributed by atoms with Crippen molar-refractivity contribution in [3.05, 3.63) is 52.8 Å². The number of hydrogen-bond acceptors (Lipinski definition) is 3. The summed E-state index contributed by atoms with van der Waals surface area (Å²) in [5, 5.41) is 0. The fourth-order valence-electron chi connectivity index (χ4n) is 4.46. The minimum absolute atomic E-state index is 0.0267. The lowest BCUT2D eigenvalue weighted by molar-refractivity contribution is 0.0680. The minimum Gasteiger partial charge on any atom is -0.338 e. The Kier molecular flexibility index (Phi) is 6.19. The molecule has 0 spiro atoms. The van der Waals surface area contributed by atoms with Crippen molar-refractivity contribution in [2.24, 2.45) is 0 Å². The van der Waals surface area contributed by atoms with Crippen LogP contribution in [0.25, 0.3) is 5.69 Å². The Morgan fingerprint density at radius 2 is 1.76 bits per heavy atom. The lowest BCUT2D eigenvalue weighted by Crippen LogP contribution is -2.48. The van der Waals surface area contributed by atoms with Gasteiger partial charge in [0.15, 0.2) is 0 Å². The van der Waals surface area contributed by atoms with Gasteiger partial charge in [0.05, 0.1) is 11.8 Å². The molecule has 1 aliphatic rings. The van der Waals surface area contributed by atoms with E-state index in [1.165, 1.54) is 6.26 Å². The van der Waals surface area contributed by atoms with Gasteiger partial charge < -0.3 is 9.47 Å². The molecule has 29 heavy (non-hydrogen) atoms. The Bertz CT molecular complexity index is 1000. The van der Waals surface area contributed by atoms with E-state index in [2.05, 4.69) is 23.6 Å². The van der Waals surface area contributed by atoms with E-state index in [1.54, 1.807) is 4.31 Å². The molecule has 7 heteroatoms. The third-order valence-electron chi connectivity index (χ3n) is 5.91. The SMILES string of the molecule is CCN(C1CCN(C(=O)c2cc(C)n(-c3ccccc3C)c2C)CC1)S(C)(=O)=O. The summed E-state index contributed by atoms with van der Waals surface area (Å²) in [6.45, 7) is 9.55. The van der Waals surface area contributed by atoms with Crippen LogP contribution in [0.1, 0.15) is 47.1 Å². The molecule has 1 aliphatic heterocycles. The monoisotopic (exact) mass is 417 g/mol. The summed E-state index contributed by atoms with van der Waals surface area (Å²) in [6.07, 6.45) is 2.60. The van der Waals surface area contributed by atoms with Crippen LogP contribution in [0.3, 0.4) is 0 Å². The van der Waals surface area contributed by atoms with Crippen molar-refractivity contribution in [2.45, 2.75) is 46.6 Å². The number of sulfonamides is 1. The Balaban J connectivity index is 1.79. The number of hydrogen-bond donors (Lipinski definition) is 0. The molecule has 158 valence electrons. The molecule has 0 atom stereocenters. The average molecular weight is 418 g/mol. The van der Waals surface area contributed by atoms with Crippen molar-refractivity contribution in [3.63, 3.8) is 0 Å². The lowest BCUT2D eigenvalue weighted by Gasteiger charge is -2.36. The van der Waals surface area contributed by atoms with E-state index >= 15 is 0 Å². The summed E-state index contributed by atoms with van der Waals surface area (Å²) in [7, 11) is -3.22. The fraction of sp³-hybridized carbons (Fsp3) is 0.500. The second-order valence-corrected chi connectivity index (χ2v) is 9.83. The average Bonchev–Trinajstić information content (AvgIpc) is 2.96. The van der Waals surface area contributed by atoms with Gasteiger partial charge in [-0.25, -0.2) is 8.42 Å². The number of amides is 1. The predicted molar refractivity (Wildman–Crippen MR) is 116 cm³/mol. The van der Waals surface area contributed by atoms with Gasteiger partial charge in [0.1, 0.15) is 0 Å². The van der Waals surface area contributed by atoms with E-state index in [9.17, 15) is 13.2 Å². The quantitative estimate of drug-likeness (QED) is 0.750. The third-order valence-corrected chi connectivity index (χ3v) is 7.32. The molecule has 1 fully saturated rings. The maximum absolute atomic E-state index is 13.2. The maximum atomic E-state index is 13.2. The van der Waals surface area contributed by atoms with Crippen LogP contribution in [0, 0.1) is 20.8 Å². The number of benzene rings is 1. The molecule has 0 radical (unpaired) electrons. The van der Waals surface area contributed by atoms with Crippen LogP contribution in [-0.4, -0.2) is 60.0 Å². The molecule has 6 nitrogen and oxygen atoms in total. The highest BCUT2D eigenvalue weighted by Crippen LogP contribution is 2.26. The number of carbonyl (C=O) groups excluding carboxylic acids is 1. The standard InChI is InChI=1S/C22H31N3O3S/c1-6-24(29(5,27)28)19-11-13-23(14-12-19)22(26)20-15-17(3)25(18(20)4)21-10-8-7-9-16(21)2/h7-10,15,19H,6,11-14H2,1-5H3. The number of piperidine rings is 1. The molecule has 0 aliphatic carbocycles. The van der Waals surface area contributed by atoms with Crippen molar-refractivity contribution in [3.8, 4) is 5.69 Å². The minimum atomic E-state index is -3.22. The summed E-state index contributed by atoms with van der Waals surface area (Å²) in [6, 6.07) is 10.1. The van der Waals surface area contributed by atoms with E-state index in [1.807, 2.05) is 43.9 Å². The summed E-state index contributed by atoms with van der Waals surface area (Å²) in [5.41, 5.74) is 4.95. The van der Waals surface area contributed by atoms with E-state index in [0.29, 0.717) is 32.5 Å². The van der Waals surface area contributed by atoms with E-state index in [0.717, 1.165) is 28.2 Å². The zero-order valence-corrected chi connectivity index (χ0v) is 18.8. The maximum Gasteiger partial charge on any atom is 0.255 e. The van der Waals surface area contributed by atoms with Crippen LogP contribution in [-0.2, 0) is 10.0 Å². The Hall–Kier alpha value is -2.12. The zero-order chi connectivity index (χ0) is 21.3. The molecular weight excluding hydrogens is 386 g/mol. The fourth-order valence-corrected chi connectivity index (χ4v) is 5.68. The van der Waals surface area contributed by atoms with Gasteiger partial charge in [0, 0.05) is 42.8 Å². The zero-order valence-electron chi connectivity index (χ0n) is 18.0. The van der Waals surface area contributed by atoms with Gasteiger partial charge in [-0.15, -0.1) is 0 Å². The molecule has 0 bridgehead atoms. The summed E-state index contributed by atoms with van der Waals surface area (Å²) in [5.74, 6) is 0.0267. The molecule has 0 unspecified atom stereocenters. The molecule has 0 N–H and O–H groups in total. The van der Waals surface area contributed by atoms with Crippen molar-refractivity contribution in [1.29, 1.82) is 0 Å². The van der Waals surface area contributed by atoms with Crippen molar-refractivity contribution in [2.75, 3.05) is 25.9 Å². The number of aromatic nitrogens is 1. The van der Waals surface area contributed by atoms with Crippen molar-refractivity contribution < 1.29 is 13.2 Å². The number of para-hydroxylation sites is 1. The van der Waals surface area contributed by atoms with Crippen LogP contribution < -0.4 is 0 Å². The molecule has 2 heterocycles. The van der Waals surface area contributed by atoms with E-state index in [4.69, 9.17) is 0 Å². The summed E-state index contributed by atoms with van der Waals surface area (Å²) in [4.78, 5) is 15.1. The van der Waals surface area contributed by atoms with Gasteiger partial charge in [0.25, 0.3) is 5.91 Å². The predicted octanol–water partition coefficient (Wildman–Crippen LogP) is 3.29. The van der Waals surface area contributed by atoms with E-state index < -0.39 is 10.0 Å². The Morgan fingerprint density at radius 1 is 1.14 bits per heavy atom. The van der Waals surface area contributed by atoms with E-state index in [-0.39, 0.29) is 11.9 Å². The van der Waals surface area contributed by atoms with Crippen LogP contribution in [0.5, 0.6) is 0 Å². The molecule has 1 aromatic heterocycles. The second kappa shape index (κ2) is 8.32. The number of carbonyl (C=O) groups is 1. The first kappa shape index (κ1) is 21.6. The topological polar surface area (TPSA) is 62.6 Å². The molecule has 0 saturated carbocycles. The van der Waals surface area contributed by atoms with Gasteiger partial charge in [0.2, 0.25) is 10.0 Å². The number of nitrogens with zero attached hydrogens (tertiary/aromatic N) is 3. The highest BCUT2D eigenvalue weighted by molar-refractivity contribution is 7.88. The molecule has 1 amide bonds. The van der Waals surface area contributed by atoms with Gasteiger partial charge >= 0.3 is 0 Å². The smallest absolute Gasteiger partial charge is 0.255 e. The first-order valence-corrected chi connectivity index (χ1v) is 12.0. The second-order valence-electron chi connectivity index (χ2n) is 7.90. The van der Waals surface area contributed by atoms with Crippen LogP contribution in [0.15, 0.2) is 30.3 Å². The Labute approximate surface area is 174 Å². The highest BCUT2D eigenvalue weighted by Gasteiger charge is 2.31. The van der Waals surface area contributed by atoms with Crippen molar-refractivity contribution >= 4 is 15.9 Å². The third kappa shape index (κ3) is 4.26. The first-order chi connectivity index (χ1) is 13.6. The Morgan fingerprint density at radius 3 is 2.31 bits per heavy atom. The molecule has 1 aromatic carbocycles. The van der Waals surface area contributed by atoms with Gasteiger partial charge in [-0.05, 0) is 51.3 Å². The van der Waals surface area contributed by atoms with Crippen molar-refractivity contribution in [1.82, 2.24) is 13.8 Å².